The molecule has 0 aliphatic heterocycles. The molecule has 4 N–H and O–H groups in total. The van der Waals surface area contributed by atoms with E-state index in [4.69, 9.17) is 11.5 Å². The van der Waals surface area contributed by atoms with Gasteiger partial charge in [-0.15, -0.1) is 11.8 Å². The number of nitrogens with zero attached hydrogens (tertiary/aromatic N) is 2. The molecule has 5 heteroatoms. The van der Waals surface area contributed by atoms with Crippen LogP contribution in [0.4, 0.5) is 11.4 Å². The van der Waals surface area contributed by atoms with E-state index in [2.05, 4.69) is 23.4 Å². The van der Waals surface area contributed by atoms with E-state index in [0.717, 1.165) is 29.3 Å². The molecule has 0 amide bonds. The quantitative estimate of drug-likeness (QED) is 0.650. The van der Waals surface area contributed by atoms with E-state index >= 15 is 0 Å². The van der Waals surface area contributed by atoms with Crippen LogP contribution in [-0.2, 0) is 12.3 Å². The van der Waals surface area contributed by atoms with Gasteiger partial charge in [0.25, 0.3) is 0 Å². The minimum absolute atomic E-state index is 0.636. The van der Waals surface area contributed by atoms with Gasteiger partial charge in [-0.05, 0) is 31.5 Å². The van der Waals surface area contributed by atoms with Gasteiger partial charge >= 0.3 is 0 Å². The van der Waals surface area contributed by atoms with Crippen LogP contribution >= 0.6 is 11.8 Å². The minimum Gasteiger partial charge on any atom is -0.397 e. The van der Waals surface area contributed by atoms with Crippen LogP contribution in [0.1, 0.15) is 24.7 Å². The second-order valence-corrected chi connectivity index (χ2v) is 5.60. The van der Waals surface area contributed by atoms with Gasteiger partial charge in [-0.2, -0.15) is 0 Å². The molecule has 0 aliphatic rings. The van der Waals surface area contributed by atoms with Crippen molar-refractivity contribution in [2.45, 2.75) is 37.5 Å². The van der Waals surface area contributed by atoms with Gasteiger partial charge in [-0.1, -0.05) is 6.92 Å². The Labute approximate surface area is 118 Å². The van der Waals surface area contributed by atoms with Crippen LogP contribution in [0.25, 0.3) is 0 Å². The Balaban J connectivity index is 2.09. The van der Waals surface area contributed by atoms with E-state index in [9.17, 15) is 0 Å². The fourth-order valence-corrected chi connectivity index (χ4v) is 2.98. The first-order valence-corrected chi connectivity index (χ1v) is 7.38. The zero-order valence-corrected chi connectivity index (χ0v) is 12.2. The number of nitrogen functional groups attached to an aromatic ring is 2. The van der Waals surface area contributed by atoms with Gasteiger partial charge in [0.1, 0.15) is 0 Å². The number of rotatable bonds is 5. The molecule has 102 valence electrons. The summed E-state index contributed by atoms with van der Waals surface area (Å²) in [6, 6.07) is 5.79. The zero-order valence-electron chi connectivity index (χ0n) is 11.4. The second-order valence-electron chi connectivity index (χ2n) is 4.55. The maximum atomic E-state index is 5.82. The van der Waals surface area contributed by atoms with Crippen molar-refractivity contribution < 1.29 is 0 Å². The second kappa shape index (κ2) is 6.02. The van der Waals surface area contributed by atoms with Crippen LogP contribution in [0, 0.1) is 6.92 Å². The maximum absolute atomic E-state index is 5.82. The average Bonchev–Trinajstić information content (AvgIpc) is 2.73. The highest BCUT2D eigenvalue weighted by Crippen LogP contribution is 2.28. The lowest BCUT2D eigenvalue weighted by atomic mass is 10.3. The molecule has 0 aliphatic carbocycles. The van der Waals surface area contributed by atoms with Crippen molar-refractivity contribution in [1.82, 2.24) is 9.55 Å². The molecule has 0 bridgehead atoms. The summed E-state index contributed by atoms with van der Waals surface area (Å²) in [4.78, 5) is 5.52. The summed E-state index contributed by atoms with van der Waals surface area (Å²) < 4.78 is 2.23. The van der Waals surface area contributed by atoms with Crippen LogP contribution in [-0.4, -0.2) is 9.55 Å². The third-order valence-corrected chi connectivity index (χ3v) is 4.06. The molecule has 0 atom stereocenters. The summed E-state index contributed by atoms with van der Waals surface area (Å²) in [5.74, 6) is 0.898. The Kier molecular flexibility index (Phi) is 4.37. The molecule has 0 saturated carbocycles. The first-order chi connectivity index (χ1) is 9.11. The van der Waals surface area contributed by atoms with Gasteiger partial charge in [0.2, 0.25) is 0 Å². The predicted octanol–water partition coefficient (Wildman–Crippen LogP) is 3.06. The Morgan fingerprint density at radius 3 is 2.74 bits per heavy atom. The molecule has 19 heavy (non-hydrogen) atoms. The SMILES string of the molecule is CCCn1cnc(C)c1CSc1ccc(N)c(N)c1. The first kappa shape index (κ1) is 13.8. The summed E-state index contributed by atoms with van der Waals surface area (Å²) in [6.07, 6.45) is 3.04. The number of benzene rings is 1. The molecule has 1 aromatic heterocycles. The van der Waals surface area contributed by atoms with Crippen LogP contribution < -0.4 is 11.5 Å². The highest BCUT2D eigenvalue weighted by molar-refractivity contribution is 7.98. The molecule has 0 radical (unpaired) electrons. The number of aryl methyl sites for hydroxylation is 2. The lowest BCUT2D eigenvalue weighted by Crippen LogP contribution is -2.01. The fraction of sp³-hybridized carbons (Fsp3) is 0.357. The van der Waals surface area contributed by atoms with Crippen molar-refractivity contribution in [2.75, 3.05) is 11.5 Å². The minimum atomic E-state index is 0.636. The number of thioether (sulfide) groups is 1. The monoisotopic (exact) mass is 276 g/mol. The molecule has 0 saturated heterocycles. The third-order valence-electron chi connectivity index (χ3n) is 3.05. The number of imidazole rings is 1. The summed E-state index contributed by atoms with van der Waals surface area (Å²) in [6.45, 7) is 5.24. The van der Waals surface area contributed by atoms with E-state index < -0.39 is 0 Å². The van der Waals surface area contributed by atoms with Crippen LogP contribution in [0.5, 0.6) is 0 Å². The van der Waals surface area contributed by atoms with E-state index in [1.807, 2.05) is 24.5 Å². The highest BCUT2D eigenvalue weighted by atomic mass is 32.2. The lowest BCUT2D eigenvalue weighted by molar-refractivity contribution is 0.658. The smallest absolute Gasteiger partial charge is 0.0951 e. The fourth-order valence-electron chi connectivity index (χ4n) is 1.92. The Morgan fingerprint density at radius 1 is 1.26 bits per heavy atom. The summed E-state index contributed by atoms with van der Waals surface area (Å²) in [5.41, 5.74) is 15.2. The van der Waals surface area contributed by atoms with Crippen molar-refractivity contribution in [2.24, 2.45) is 0 Å². The molecule has 0 fully saturated rings. The molecular weight excluding hydrogens is 256 g/mol. The molecule has 0 unspecified atom stereocenters. The normalized spacial score (nSPS) is 10.8. The largest absolute Gasteiger partial charge is 0.397 e. The Morgan fingerprint density at radius 2 is 2.05 bits per heavy atom. The number of hydrogen-bond acceptors (Lipinski definition) is 4. The van der Waals surface area contributed by atoms with E-state index in [1.165, 1.54) is 5.69 Å². The number of anilines is 2. The summed E-state index contributed by atoms with van der Waals surface area (Å²) in [7, 11) is 0. The van der Waals surface area contributed by atoms with Crippen molar-refractivity contribution in [1.29, 1.82) is 0 Å². The van der Waals surface area contributed by atoms with Gasteiger partial charge in [-0.3, -0.25) is 0 Å². The van der Waals surface area contributed by atoms with Gasteiger partial charge in [0, 0.05) is 17.2 Å². The first-order valence-electron chi connectivity index (χ1n) is 6.40. The molecule has 2 aromatic rings. The number of nitrogens with two attached hydrogens (primary N) is 2. The van der Waals surface area contributed by atoms with Crippen molar-refractivity contribution >= 4 is 23.1 Å². The van der Waals surface area contributed by atoms with Gasteiger partial charge in [-0.25, -0.2) is 4.98 Å². The van der Waals surface area contributed by atoms with Crippen molar-refractivity contribution in [3.05, 3.63) is 35.9 Å². The van der Waals surface area contributed by atoms with Crippen molar-refractivity contribution in [3.8, 4) is 0 Å². The molecule has 2 rings (SSSR count). The van der Waals surface area contributed by atoms with Crippen molar-refractivity contribution in [3.63, 3.8) is 0 Å². The topological polar surface area (TPSA) is 69.9 Å². The maximum Gasteiger partial charge on any atom is 0.0951 e. The molecular formula is C14H20N4S. The van der Waals surface area contributed by atoms with E-state index in [-0.39, 0.29) is 0 Å². The highest BCUT2D eigenvalue weighted by Gasteiger charge is 2.08. The lowest BCUT2D eigenvalue weighted by Gasteiger charge is -2.09. The number of aromatic nitrogens is 2. The third kappa shape index (κ3) is 3.23. The Hall–Kier alpha value is -1.62. The van der Waals surface area contributed by atoms with Crippen LogP contribution in [0.3, 0.4) is 0 Å². The predicted molar refractivity (Wildman–Crippen MR) is 82.1 cm³/mol. The standard InChI is InChI=1S/C14H20N4S/c1-3-6-18-9-17-10(2)14(18)8-19-11-4-5-12(15)13(16)7-11/h4-5,7,9H,3,6,8,15-16H2,1-2H3. The van der Waals surface area contributed by atoms with E-state index in [0.29, 0.717) is 11.4 Å². The van der Waals surface area contributed by atoms with Gasteiger partial charge in [0.05, 0.1) is 29.1 Å². The van der Waals surface area contributed by atoms with Crippen LogP contribution in [0.15, 0.2) is 29.4 Å². The van der Waals surface area contributed by atoms with Gasteiger partial charge in [0.15, 0.2) is 0 Å². The summed E-state index contributed by atoms with van der Waals surface area (Å²) in [5, 5.41) is 0. The average molecular weight is 276 g/mol. The molecule has 1 aromatic carbocycles. The molecule has 1 heterocycles. The Bertz CT molecular complexity index is 563. The van der Waals surface area contributed by atoms with Gasteiger partial charge < -0.3 is 16.0 Å². The van der Waals surface area contributed by atoms with Crippen LogP contribution in [0.2, 0.25) is 0 Å². The zero-order chi connectivity index (χ0) is 13.8. The number of hydrogen-bond donors (Lipinski definition) is 2. The van der Waals surface area contributed by atoms with E-state index in [1.54, 1.807) is 11.8 Å². The molecule has 0 spiro atoms. The molecule has 4 nitrogen and oxygen atoms in total. The summed E-state index contributed by atoms with van der Waals surface area (Å²) >= 11 is 1.76.